The second-order valence-corrected chi connectivity index (χ2v) is 7.21. The average Bonchev–Trinajstić information content (AvgIpc) is 2.59. The third-order valence-electron chi connectivity index (χ3n) is 4.16. The number of piperidine rings is 1. The summed E-state index contributed by atoms with van der Waals surface area (Å²) in [5.41, 5.74) is 1.62. The summed E-state index contributed by atoms with van der Waals surface area (Å²) in [4.78, 5) is 25.0. The fraction of sp³-hybridized carbons (Fsp3) is 0.556. The highest BCUT2D eigenvalue weighted by Gasteiger charge is 2.24. The number of hydrogen-bond acceptors (Lipinski definition) is 4. The molecule has 1 heterocycles. The first-order chi connectivity index (χ1) is 11.6. The number of carbonyl (C=O) groups excluding carboxylic acids is 2. The number of carbonyl (C=O) groups is 2. The summed E-state index contributed by atoms with van der Waals surface area (Å²) in [6.45, 7) is 3.75. The highest BCUT2D eigenvalue weighted by Crippen LogP contribution is 2.08. The van der Waals surface area contributed by atoms with Crippen LogP contribution in [0.5, 0.6) is 0 Å². The summed E-state index contributed by atoms with van der Waals surface area (Å²) < 4.78 is 0. The molecule has 1 aromatic rings. The normalized spacial score (nSPS) is 18.7. The molecule has 1 aliphatic rings. The van der Waals surface area contributed by atoms with Crippen molar-refractivity contribution in [1.29, 1.82) is 0 Å². The van der Waals surface area contributed by atoms with Gasteiger partial charge in [0.15, 0.2) is 0 Å². The van der Waals surface area contributed by atoms with Crippen LogP contribution in [-0.4, -0.2) is 49.0 Å². The van der Waals surface area contributed by atoms with E-state index in [-0.39, 0.29) is 17.9 Å². The van der Waals surface area contributed by atoms with Crippen LogP contribution in [0.15, 0.2) is 24.3 Å². The highest BCUT2D eigenvalue weighted by molar-refractivity contribution is 7.98. The Morgan fingerprint density at radius 3 is 2.92 bits per heavy atom. The highest BCUT2D eigenvalue weighted by atomic mass is 32.2. The van der Waals surface area contributed by atoms with Crippen molar-refractivity contribution in [2.45, 2.75) is 38.3 Å². The maximum atomic E-state index is 12.6. The zero-order valence-corrected chi connectivity index (χ0v) is 15.2. The SMILES string of the molecule is CSCCC(NC(=O)c1cccc(C)c1)C(=O)NC1CCCNC1. The van der Waals surface area contributed by atoms with Crippen molar-refractivity contribution in [3.8, 4) is 0 Å². The van der Waals surface area contributed by atoms with Gasteiger partial charge in [0.1, 0.15) is 6.04 Å². The van der Waals surface area contributed by atoms with Crippen molar-refractivity contribution >= 4 is 23.6 Å². The van der Waals surface area contributed by atoms with E-state index < -0.39 is 6.04 Å². The van der Waals surface area contributed by atoms with E-state index in [1.807, 2.05) is 31.4 Å². The van der Waals surface area contributed by atoms with Crippen LogP contribution in [0.4, 0.5) is 0 Å². The summed E-state index contributed by atoms with van der Waals surface area (Å²) in [7, 11) is 0. The van der Waals surface area contributed by atoms with E-state index in [2.05, 4.69) is 16.0 Å². The van der Waals surface area contributed by atoms with Gasteiger partial charge in [-0.25, -0.2) is 0 Å². The van der Waals surface area contributed by atoms with E-state index in [0.717, 1.165) is 37.2 Å². The van der Waals surface area contributed by atoms with E-state index in [1.54, 1.807) is 17.8 Å². The van der Waals surface area contributed by atoms with Gasteiger partial charge >= 0.3 is 0 Å². The fourth-order valence-electron chi connectivity index (χ4n) is 2.81. The largest absolute Gasteiger partial charge is 0.350 e. The Morgan fingerprint density at radius 1 is 1.42 bits per heavy atom. The Hall–Kier alpha value is -1.53. The molecule has 2 atom stereocenters. The topological polar surface area (TPSA) is 70.2 Å². The van der Waals surface area contributed by atoms with E-state index in [4.69, 9.17) is 0 Å². The molecule has 6 heteroatoms. The molecule has 2 amide bonds. The minimum atomic E-state index is -0.493. The molecule has 0 bridgehead atoms. The van der Waals surface area contributed by atoms with Crippen molar-refractivity contribution < 1.29 is 9.59 Å². The average molecular weight is 350 g/mol. The maximum Gasteiger partial charge on any atom is 0.251 e. The zero-order valence-electron chi connectivity index (χ0n) is 14.4. The lowest BCUT2D eigenvalue weighted by Gasteiger charge is -2.26. The van der Waals surface area contributed by atoms with E-state index in [1.165, 1.54) is 0 Å². The molecule has 5 nitrogen and oxygen atoms in total. The van der Waals surface area contributed by atoms with E-state index in [0.29, 0.717) is 12.0 Å². The van der Waals surface area contributed by atoms with Gasteiger partial charge in [-0.15, -0.1) is 0 Å². The Bertz CT molecular complexity index is 559. The molecule has 24 heavy (non-hydrogen) atoms. The molecule has 132 valence electrons. The minimum absolute atomic E-state index is 0.0845. The summed E-state index contributed by atoms with van der Waals surface area (Å²) in [5.74, 6) is 0.551. The lowest BCUT2D eigenvalue weighted by Crippen LogP contribution is -2.53. The van der Waals surface area contributed by atoms with E-state index in [9.17, 15) is 9.59 Å². The molecule has 2 rings (SSSR count). The molecule has 0 aromatic heterocycles. The smallest absolute Gasteiger partial charge is 0.251 e. The van der Waals surface area contributed by atoms with Gasteiger partial charge in [-0.3, -0.25) is 9.59 Å². The van der Waals surface area contributed by atoms with Crippen LogP contribution in [0.3, 0.4) is 0 Å². The first-order valence-corrected chi connectivity index (χ1v) is 9.87. The number of aryl methyl sites for hydroxylation is 1. The number of thioether (sulfide) groups is 1. The number of rotatable bonds is 7. The third-order valence-corrected chi connectivity index (χ3v) is 4.80. The maximum absolute atomic E-state index is 12.6. The van der Waals surface area contributed by atoms with Crippen LogP contribution in [0, 0.1) is 6.92 Å². The van der Waals surface area contributed by atoms with Crippen LogP contribution in [-0.2, 0) is 4.79 Å². The summed E-state index contributed by atoms with van der Waals surface area (Å²) in [6, 6.07) is 7.08. The minimum Gasteiger partial charge on any atom is -0.350 e. The number of benzene rings is 1. The first kappa shape index (κ1) is 18.8. The number of nitrogens with one attached hydrogen (secondary N) is 3. The molecular formula is C18H27N3O2S. The van der Waals surface area contributed by atoms with Gasteiger partial charge in [-0.1, -0.05) is 17.7 Å². The van der Waals surface area contributed by atoms with Crippen molar-refractivity contribution in [2.75, 3.05) is 25.1 Å². The standard InChI is InChI=1S/C18H27N3O2S/c1-13-5-3-6-14(11-13)17(22)21-16(8-10-24-2)18(23)20-15-7-4-9-19-12-15/h3,5-6,11,15-16,19H,4,7-10,12H2,1-2H3,(H,20,23)(H,21,22). The molecule has 1 aliphatic heterocycles. The number of amides is 2. The molecule has 3 N–H and O–H groups in total. The Kier molecular flexibility index (Phi) is 7.59. The fourth-order valence-corrected chi connectivity index (χ4v) is 3.28. The second kappa shape index (κ2) is 9.69. The van der Waals surface area contributed by atoms with Crippen LogP contribution in [0.25, 0.3) is 0 Å². The van der Waals surface area contributed by atoms with E-state index >= 15 is 0 Å². The molecule has 2 unspecified atom stereocenters. The Balaban J connectivity index is 1.98. The Labute approximate surface area is 148 Å². The lowest BCUT2D eigenvalue weighted by atomic mass is 10.1. The van der Waals surface area contributed by atoms with Gasteiger partial charge in [-0.2, -0.15) is 11.8 Å². The van der Waals surface area contributed by atoms with Gasteiger partial charge in [0.2, 0.25) is 5.91 Å². The lowest BCUT2D eigenvalue weighted by molar-refractivity contribution is -0.123. The van der Waals surface area contributed by atoms with Crippen LogP contribution in [0.1, 0.15) is 35.2 Å². The monoisotopic (exact) mass is 349 g/mol. The second-order valence-electron chi connectivity index (χ2n) is 6.23. The van der Waals surface area contributed by atoms with Crippen LogP contribution in [0.2, 0.25) is 0 Å². The van der Waals surface area contributed by atoms with Crippen LogP contribution >= 0.6 is 11.8 Å². The molecule has 0 aliphatic carbocycles. The van der Waals surface area contributed by atoms with Gasteiger partial charge in [0, 0.05) is 18.2 Å². The number of hydrogen-bond donors (Lipinski definition) is 3. The van der Waals surface area contributed by atoms with Gasteiger partial charge < -0.3 is 16.0 Å². The Morgan fingerprint density at radius 2 is 2.25 bits per heavy atom. The predicted octanol–water partition coefficient (Wildman–Crippen LogP) is 1.71. The quantitative estimate of drug-likeness (QED) is 0.701. The molecule has 1 fully saturated rings. The van der Waals surface area contributed by atoms with Crippen molar-refractivity contribution in [1.82, 2.24) is 16.0 Å². The first-order valence-electron chi connectivity index (χ1n) is 8.47. The van der Waals surface area contributed by atoms with Gasteiger partial charge in [0.05, 0.1) is 0 Å². The van der Waals surface area contributed by atoms with Gasteiger partial charge in [0.25, 0.3) is 5.91 Å². The molecular weight excluding hydrogens is 322 g/mol. The predicted molar refractivity (Wildman–Crippen MR) is 99.5 cm³/mol. The molecule has 1 aromatic carbocycles. The molecule has 1 saturated heterocycles. The molecule has 0 spiro atoms. The van der Waals surface area contributed by atoms with Crippen molar-refractivity contribution in [3.63, 3.8) is 0 Å². The van der Waals surface area contributed by atoms with Crippen molar-refractivity contribution in [2.24, 2.45) is 0 Å². The summed E-state index contributed by atoms with van der Waals surface area (Å²) in [6.07, 6.45) is 4.68. The third kappa shape index (κ3) is 5.83. The zero-order chi connectivity index (χ0) is 17.4. The van der Waals surface area contributed by atoms with Crippen LogP contribution < -0.4 is 16.0 Å². The van der Waals surface area contributed by atoms with Crippen molar-refractivity contribution in [3.05, 3.63) is 35.4 Å². The van der Waals surface area contributed by atoms with Gasteiger partial charge in [-0.05, 0) is 56.9 Å². The molecule has 0 radical (unpaired) electrons. The summed E-state index contributed by atoms with van der Waals surface area (Å²) >= 11 is 1.68. The molecule has 0 saturated carbocycles. The summed E-state index contributed by atoms with van der Waals surface area (Å²) in [5, 5.41) is 9.26.